The number of anilines is 2. The van der Waals surface area contributed by atoms with E-state index in [2.05, 4.69) is 43.4 Å². The van der Waals surface area contributed by atoms with Crippen molar-refractivity contribution in [3.8, 4) is 5.75 Å². The van der Waals surface area contributed by atoms with Crippen LogP contribution in [0.3, 0.4) is 0 Å². The van der Waals surface area contributed by atoms with Crippen LogP contribution in [0.4, 0.5) is 11.4 Å². The number of ether oxygens (including phenoxy) is 1. The molecule has 0 saturated carbocycles. The predicted octanol–water partition coefficient (Wildman–Crippen LogP) is 4.72. The molecule has 0 bridgehead atoms. The van der Waals surface area contributed by atoms with E-state index in [1.54, 1.807) is 0 Å². The molecule has 3 nitrogen and oxygen atoms in total. The summed E-state index contributed by atoms with van der Waals surface area (Å²) in [6, 6.07) is 12.6. The first-order chi connectivity index (χ1) is 11.0. The Morgan fingerprint density at radius 1 is 1.09 bits per heavy atom. The average Bonchev–Trinajstić information content (AvgIpc) is 2.47. The number of aryl methyl sites for hydroxylation is 3. The van der Waals surface area contributed by atoms with Crippen molar-refractivity contribution in [2.24, 2.45) is 0 Å². The summed E-state index contributed by atoms with van der Waals surface area (Å²) < 4.78 is 5.67. The molecule has 124 valence electrons. The SMILES string of the molecule is Cc1ccc(NCCCc2ccc(OC(C)C)c(N)c2)c(C)c1. The molecule has 0 saturated heterocycles. The molecule has 0 aliphatic rings. The van der Waals surface area contributed by atoms with Crippen molar-refractivity contribution >= 4 is 11.4 Å². The molecule has 0 radical (unpaired) electrons. The lowest BCUT2D eigenvalue weighted by molar-refractivity contribution is 0.244. The molecule has 3 N–H and O–H groups in total. The number of hydrogen-bond acceptors (Lipinski definition) is 3. The van der Waals surface area contributed by atoms with Crippen LogP contribution in [0.15, 0.2) is 36.4 Å². The predicted molar refractivity (Wildman–Crippen MR) is 99.3 cm³/mol. The van der Waals surface area contributed by atoms with E-state index >= 15 is 0 Å². The Labute approximate surface area is 139 Å². The van der Waals surface area contributed by atoms with E-state index in [1.165, 1.54) is 22.4 Å². The lowest BCUT2D eigenvalue weighted by Gasteiger charge is -2.13. The normalized spacial score (nSPS) is 10.8. The molecule has 0 aromatic heterocycles. The van der Waals surface area contributed by atoms with Gasteiger partial charge in [0.15, 0.2) is 0 Å². The van der Waals surface area contributed by atoms with E-state index in [0.717, 1.165) is 30.8 Å². The molecule has 0 aliphatic carbocycles. The fourth-order valence-electron chi connectivity index (χ4n) is 2.64. The maximum atomic E-state index is 6.06. The third-order valence-corrected chi connectivity index (χ3v) is 3.78. The third-order valence-electron chi connectivity index (χ3n) is 3.78. The van der Waals surface area contributed by atoms with Crippen molar-refractivity contribution in [1.29, 1.82) is 0 Å². The van der Waals surface area contributed by atoms with E-state index in [9.17, 15) is 0 Å². The van der Waals surface area contributed by atoms with Crippen LogP contribution in [0.25, 0.3) is 0 Å². The number of rotatable bonds is 7. The Hall–Kier alpha value is -2.16. The van der Waals surface area contributed by atoms with Crippen LogP contribution in [0.2, 0.25) is 0 Å². The first kappa shape index (κ1) is 17.2. The zero-order valence-corrected chi connectivity index (χ0v) is 14.6. The van der Waals surface area contributed by atoms with Crippen molar-refractivity contribution in [1.82, 2.24) is 0 Å². The minimum atomic E-state index is 0.144. The van der Waals surface area contributed by atoms with Gasteiger partial charge in [-0.3, -0.25) is 0 Å². The van der Waals surface area contributed by atoms with Crippen LogP contribution < -0.4 is 15.8 Å². The lowest BCUT2D eigenvalue weighted by Crippen LogP contribution is -2.08. The molecule has 0 amide bonds. The van der Waals surface area contributed by atoms with Gasteiger partial charge in [-0.05, 0) is 69.9 Å². The van der Waals surface area contributed by atoms with Crippen molar-refractivity contribution in [2.45, 2.75) is 46.6 Å². The quantitative estimate of drug-likeness (QED) is 0.574. The zero-order chi connectivity index (χ0) is 16.8. The smallest absolute Gasteiger partial charge is 0.142 e. The van der Waals surface area contributed by atoms with E-state index in [1.807, 2.05) is 26.0 Å². The number of nitrogen functional groups attached to an aromatic ring is 1. The van der Waals surface area contributed by atoms with Crippen LogP contribution in [-0.2, 0) is 6.42 Å². The molecule has 3 heteroatoms. The summed E-state index contributed by atoms with van der Waals surface area (Å²) >= 11 is 0. The van der Waals surface area contributed by atoms with Gasteiger partial charge in [0.05, 0.1) is 11.8 Å². The molecular weight excluding hydrogens is 284 g/mol. The molecule has 0 aliphatic heterocycles. The van der Waals surface area contributed by atoms with Gasteiger partial charge in [-0.2, -0.15) is 0 Å². The summed E-state index contributed by atoms with van der Waals surface area (Å²) in [5.74, 6) is 0.775. The lowest BCUT2D eigenvalue weighted by atomic mass is 10.1. The zero-order valence-electron chi connectivity index (χ0n) is 14.6. The molecule has 0 unspecified atom stereocenters. The van der Waals surface area contributed by atoms with Crippen LogP contribution in [-0.4, -0.2) is 12.6 Å². The molecule has 2 rings (SSSR count). The summed E-state index contributed by atoms with van der Waals surface area (Å²) in [7, 11) is 0. The second kappa shape index (κ2) is 7.91. The van der Waals surface area contributed by atoms with Gasteiger partial charge in [0.2, 0.25) is 0 Å². The first-order valence-electron chi connectivity index (χ1n) is 8.32. The van der Waals surface area contributed by atoms with Crippen LogP contribution in [0.1, 0.15) is 37.0 Å². The molecule has 2 aromatic rings. The monoisotopic (exact) mass is 312 g/mol. The molecule has 0 atom stereocenters. The number of nitrogens with one attached hydrogen (secondary N) is 1. The summed E-state index contributed by atoms with van der Waals surface area (Å²) in [5.41, 5.74) is 11.8. The second-order valence-electron chi connectivity index (χ2n) is 6.39. The maximum Gasteiger partial charge on any atom is 0.142 e. The second-order valence-corrected chi connectivity index (χ2v) is 6.39. The fraction of sp³-hybridized carbons (Fsp3) is 0.400. The third kappa shape index (κ3) is 5.20. The van der Waals surface area contributed by atoms with E-state index in [0.29, 0.717) is 0 Å². The van der Waals surface area contributed by atoms with E-state index < -0.39 is 0 Å². The Morgan fingerprint density at radius 3 is 2.52 bits per heavy atom. The van der Waals surface area contributed by atoms with Gasteiger partial charge in [0.25, 0.3) is 0 Å². The molecule has 0 fully saturated rings. The Morgan fingerprint density at radius 2 is 1.87 bits per heavy atom. The largest absolute Gasteiger partial charge is 0.489 e. The van der Waals surface area contributed by atoms with Gasteiger partial charge >= 0.3 is 0 Å². The Bertz CT molecular complexity index is 650. The standard InChI is InChI=1S/C20H28N2O/c1-14(2)23-20-10-8-17(13-18(20)21)6-5-11-22-19-9-7-15(3)12-16(19)4/h7-10,12-14,22H,5-6,11,21H2,1-4H3. The Kier molecular flexibility index (Phi) is 5.91. The highest BCUT2D eigenvalue weighted by Gasteiger charge is 2.04. The van der Waals surface area contributed by atoms with Crippen molar-refractivity contribution in [2.75, 3.05) is 17.6 Å². The highest BCUT2D eigenvalue weighted by molar-refractivity contribution is 5.54. The summed E-state index contributed by atoms with van der Waals surface area (Å²) in [5, 5.41) is 3.51. The van der Waals surface area contributed by atoms with Crippen molar-refractivity contribution in [3.05, 3.63) is 53.1 Å². The maximum absolute atomic E-state index is 6.06. The highest BCUT2D eigenvalue weighted by Crippen LogP contribution is 2.24. The molecule has 0 spiro atoms. The molecule has 0 heterocycles. The number of benzene rings is 2. The van der Waals surface area contributed by atoms with Gasteiger partial charge in [0.1, 0.15) is 5.75 Å². The molecule has 2 aromatic carbocycles. The Balaban J connectivity index is 1.83. The van der Waals surface area contributed by atoms with Gasteiger partial charge < -0.3 is 15.8 Å². The van der Waals surface area contributed by atoms with E-state index in [4.69, 9.17) is 10.5 Å². The summed E-state index contributed by atoms with van der Waals surface area (Å²) in [6.07, 6.45) is 2.21. The highest BCUT2D eigenvalue weighted by atomic mass is 16.5. The van der Waals surface area contributed by atoms with E-state index in [-0.39, 0.29) is 6.10 Å². The average molecular weight is 312 g/mol. The van der Waals surface area contributed by atoms with Gasteiger partial charge in [0, 0.05) is 12.2 Å². The molecule has 23 heavy (non-hydrogen) atoms. The minimum Gasteiger partial charge on any atom is -0.489 e. The number of hydrogen-bond donors (Lipinski definition) is 2. The first-order valence-corrected chi connectivity index (χ1v) is 8.32. The minimum absolute atomic E-state index is 0.144. The van der Waals surface area contributed by atoms with Crippen molar-refractivity contribution < 1.29 is 4.74 Å². The van der Waals surface area contributed by atoms with Gasteiger partial charge in [-0.25, -0.2) is 0 Å². The van der Waals surface area contributed by atoms with Gasteiger partial charge in [-0.15, -0.1) is 0 Å². The van der Waals surface area contributed by atoms with Crippen LogP contribution in [0, 0.1) is 13.8 Å². The van der Waals surface area contributed by atoms with Crippen LogP contribution in [0.5, 0.6) is 5.75 Å². The van der Waals surface area contributed by atoms with Crippen LogP contribution >= 0.6 is 0 Å². The fourth-order valence-corrected chi connectivity index (χ4v) is 2.64. The summed E-state index contributed by atoms with van der Waals surface area (Å²) in [6.45, 7) is 9.23. The summed E-state index contributed by atoms with van der Waals surface area (Å²) in [4.78, 5) is 0. The number of nitrogens with two attached hydrogens (primary N) is 1. The van der Waals surface area contributed by atoms with Gasteiger partial charge in [-0.1, -0.05) is 23.8 Å². The topological polar surface area (TPSA) is 47.3 Å². The van der Waals surface area contributed by atoms with Crippen molar-refractivity contribution in [3.63, 3.8) is 0 Å². The molecular formula is C20H28N2O.